The van der Waals surface area contributed by atoms with Crippen LogP contribution in [0.3, 0.4) is 0 Å². The van der Waals surface area contributed by atoms with Gasteiger partial charge in [-0.2, -0.15) is 0 Å². The third-order valence-corrected chi connectivity index (χ3v) is 7.31. The molecular formula is C34H47N9O12. The monoisotopic (exact) mass is 773 g/mol. The molecule has 5 amide bonds. The number of rotatable bonds is 26. The summed E-state index contributed by atoms with van der Waals surface area (Å²) in [7, 11) is 0. The molecule has 0 fully saturated rings. The van der Waals surface area contributed by atoms with E-state index in [1.165, 1.54) is 24.3 Å². The van der Waals surface area contributed by atoms with Gasteiger partial charge in [0.25, 0.3) is 5.69 Å². The molecule has 2 rings (SSSR count). The number of hydrogen-bond donors (Lipinski definition) is 5. The molecule has 0 aliphatic carbocycles. The lowest BCUT2D eigenvalue weighted by atomic mass is 10.0. The zero-order valence-electron chi connectivity index (χ0n) is 30.6. The maximum absolute atomic E-state index is 13.4. The number of primary amides is 1. The number of benzene rings is 2. The Bertz CT molecular complexity index is 1590. The minimum Gasteiger partial charge on any atom is -0.429 e. The van der Waals surface area contributed by atoms with Gasteiger partial charge in [0.2, 0.25) is 17.7 Å². The van der Waals surface area contributed by atoms with E-state index >= 15 is 0 Å². The molecule has 300 valence electrons. The van der Waals surface area contributed by atoms with Gasteiger partial charge in [0, 0.05) is 42.2 Å². The van der Waals surface area contributed by atoms with Crippen molar-refractivity contribution in [1.29, 1.82) is 0 Å². The standard InChI is InChI=1S/C34H47N9O12/c1-23(2)30(41-29(44)13-16-51-18-20-53-21-19-52-17-15-38-42-36)32(46)40-28(4-3-14-37-33(35)47)31(45)39-25-7-5-24(6-8-25)22-54-34(48)55-27-11-9-26(10-12-27)43(49)50/h5-12,23,28,30H,3-4,13-22H2,1-2H3,(H,39,45)(H,40,46)(H,41,44)(H3,35,37,47). The molecule has 21 nitrogen and oxygen atoms in total. The topological polar surface area (TPSA) is 298 Å². The van der Waals surface area contributed by atoms with Gasteiger partial charge in [-0.15, -0.1) is 0 Å². The van der Waals surface area contributed by atoms with Gasteiger partial charge < -0.3 is 50.7 Å². The van der Waals surface area contributed by atoms with Crippen molar-refractivity contribution in [2.24, 2.45) is 16.8 Å². The van der Waals surface area contributed by atoms with Crippen molar-refractivity contribution in [1.82, 2.24) is 16.0 Å². The number of anilines is 1. The summed E-state index contributed by atoms with van der Waals surface area (Å²) in [5, 5.41) is 24.7. The van der Waals surface area contributed by atoms with Crippen LogP contribution in [0.2, 0.25) is 0 Å². The number of nitro groups is 1. The number of amides is 5. The van der Waals surface area contributed by atoms with Gasteiger partial charge in [0.1, 0.15) is 24.4 Å². The van der Waals surface area contributed by atoms with Crippen LogP contribution in [-0.2, 0) is 39.9 Å². The molecule has 2 aromatic carbocycles. The van der Waals surface area contributed by atoms with Crippen LogP contribution in [0.4, 0.5) is 21.0 Å². The second kappa shape index (κ2) is 25.9. The highest BCUT2D eigenvalue weighted by molar-refractivity contribution is 5.98. The van der Waals surface area contributed by atoms with E-state index in [9.17, 15) is 34.1 Å². The number of nitrogens with two attached hydrogens (primary N) is 1. The summed E-state index contributed by atoms with van der Waals surface area (Å²) < 4.78 is 26.1. The third-order valence-electron chi connectivity index (χ3n) is 7.31. The van der Waals surface area contributed by atoms with Crippen molar-refractivity contribution in [3.05, 3.63) is 74.7 Å². The summed E-state index contributed by atoms with van der Waals surface area (Å²) >= 11 is 0. The van der Waals surface area contributed by atoms with Gasteiger partial charge >= 0.3 is 12.2 Å². The predicted octanol–water partition coefficient (Wildman–Crippen LogP) is 3.07. The van der Waals surface area contributed by atoms with E-state index in [4.69, 9.17) is 34.9 Å². The maximum Gasteiger partial charge on any atom is 0.514 e. The van der Waals surface area contributed by atoms with Crippen molar-refractivity contribution in [2.75, 3.05) is 58.0 Å². The molecule has 55 heavy (non-hydrogen) atoms. The number of nitrogens with one attached hydrogen (secondary N) is 4. The number of ether oxygens (including phenoxy) is 5. The first kappa shape index (κ1) is 45.1. The zero-order chi connectivity index (χ0) is 40.4. The van der Waals surface area contributed by atoms with Gasteiger partial charge in [0.15, 0.2) is 0 Å². The van der Waals surface area contributed by atoms with E-state index in [0.29, 0.717) is 31.1 Å². The minimum atomic E-state index is -1.06. The molecule has 0 radical (unpaired) electrons. The average Bonchev–Trinajstić information content (AvgIpc) is 3.15. The van der Waals surface area contributed by atoms with Crippen molar-refractivity contribution >= 4 is 41.3 Å². The van der Waals surface area contributed by atoms with Crippen LogP contribution >= 0.6 is 0 Å². The van der Waals surface area contributed by atoms with E-state index in [1.54, 1.807) is 38.1 Å². The predicted molar refractivity (Wildman–Crippen MR) is 196 cm³/mol. The molecule has 0 saturated heterocycles. The number of hydrogen-bond acceptors (Lipinski definition) is 13. The molecule has 0 aromatic heterocycles. The van der Waals surface area contributed by atoms with E-state index in [-0.39, 0.29) is 76.1 Å². The summed E-state index contributed by atoms with van der Waals surface area (Å²) in [5.41, 5.74) is 14.1. The van der Waals surface area contributed by atoms with Crippen molar-refractivity contribution < 1.29 is 52.6 Å². The fourth-order valence-electron chi connectivity index (χ4n) is 4.50. The number of nitro benzene ring substituents is 1. The Hall–Kier alpha value is -6.02. The lowest BCUT2D eigenvalue weighted by Gasteiger charge is -2.25. The first-order chi connectivity index (χ1) is 26.4. The van der Waals surface area contributed by atoms with Gasteiger partial charge in [-0.3, -0.25) is 24.5 Å². The molecule has 0 aliphatic rings. The molecule has 0 bridgehead atoms. The highest BCUT2D eigenvalue weighted by atomic mass is 16.7. The summed E-state index contributed by atoms with van der Waals surface area (Å²) in [6.07, 6.45) is -0.639. The summed E-state index contributed by atoms with van der Waals surface area (Å²) in [6.45, 7) is 5.24. The van der Waals surface area contributed by atoms with E-state index in [0.717, 1.165) is 0 Å². The normalized spacial score (nSPS) is 11.7. The second-order valence-electron chi connectivity index (χ2n) is 11.9. The Kier molecular flexibility index (Phi) is 21.2. The van der Waals surface area contributed by atoms with Crippen LogP contribution in [0.1, 0.15) is 38.7 Å². The second-order valence-corrected chi connectivity index (χ2v) is 11.9. The Morgan fingerprint density at radius 2 is 1.53 bits per heavy atom. The molecule has 0 heterocycles. The lowest BCUT2D eigenvalue weighted by Crippen LogP contribution is -2.54. The van der Waals surface area contributed by atoms with Gasteiger partial charge in [0.05, 0.1) is 44.6 Å². The number of carbonyl (C=O) groups excluding carboxylic acids is 5. The number of nitrogens with zero attached hydrogens (tertiary/aromatic N) is 4. The van der Waals surface area contributed by atoms with Crippen molar-refractivity contribution in [2.45, 2.75) is 51.8 Å². The number of urea groups is 1. The smallest absolute Gasteiger partial charge is 0.429 e. The minimum absolute atomic E-state index is 0.0241. The zero-order valence-corrected chi connectivity index (χ0v) is 30.6. The Morgan fingerprint density at radius 1 is 0.891 bits per heavy atom. The molecule has 0 saturated carbocycles. The Labute approximate surface area is 316 Å². The molecule has 0 spiro atoms. The molecule has 2 atom stereocenters. The molecule has 21 heteroatoms. The summed E-state index contributed by atoms with van der Waals surface area (Å²) in [5.74, 6) is -1.86. The van der Waals surface area contributed by atoms with Gasteiger partial charge in [-0.25, -0.2) is 9.59 Å². The average molecular weight is 774 g/mol. The van der Waals surface area contributed by atoms with E-state index in [2.05, 4.69) is 31.3 Å². The van der Waals surface area contributed by atoms with Crippen LogP contribution in [-0.4, -0.2) is 99.6 Å². The SMILES string of the molecule is CC(C)C(NC(=O)CCOCCOCCOCCN=[N+]=[N-])C(=O)NC(CCCNC(N)=O)C(=O)Nc1ccc(COC(=O)Oc2ccc([N+](=O)[O-])cc2)cc1. The van der Waals surface area contributed by atoms with Crippen LogP contribution in [0, 0.1) is 16.0 Å². The molecule has 6 N–H and O–H groups in total. The Morgan fingerprint density at radius 3 is 2.13 bits per heavy atom. The molecule has 2 unspecified atom stereocenters. The van der Waals surface area contributed by atoms with Crippen LogP contribution < -0.4 is 31.7 Å². The van der Waals surface area contributed by atoms with Gasteiger partial charge in [-0.05, 0) is 54.1 Å². The quantitative estimate of drug-likeness (QED) is 0.0135. The maximum atomic E-state index is 13.4. The highest BCUT2D eigenvalue weighted by Crippen LogP contribution is 2.18. The first-order valence-electron chi connectivity index (χ1n) is 17.3. The number of non-ortho nitro benzene ring substituents is 1. The van der Waals surface area contributed by atoms with E-state index in [1.807, 2.05) is 0 Å². The molecule has 0 aliphatic heterocycles. The summed E-state index contributed by atoms with van der Waals surface area (Å²) in [4.78, 5) is 75.4. The van der Waals surface area contributed by atoms with Crippen molar-refractivity contribution in [3.8, 4) is 5.75 Å². The molecular weight excluding hydrogens is 726 g/mol. The van der Waals surface area contributed by atoms with Crippen molar-refractivity contribution in [3.63, 3.8) is 0 Å². The Balaban J connectivity index is 1.87. The van der Waals surface area contributed by atoms with Crippen LogP contribution in [0.5, 0.6) is 5.75 Å². The van der Waals surface area contributed by atoms with Crippen LogP contribution in [0.15, 0.2) is 53.6 Å². The summed E-state index contributed by atoms with van der Waals surface area (Å²) in [6, 6.07) is 8.42. The fourth-order valence-corrected chi connectivity index (χ4v) is 4.50. The molecule has 2 aromatic rings. The largest absolute Gasteiger partial charge is 0.514 e. The van der Waals surface area contributed by atoms with E-state index < -0.39 is 46.9 Å². The van der Waals surface area contributed by atoms with Gasteiger partial charge in [-0.1, -0.05) is 31.1 Å². The first-order valence-corrected chi connectivity index (χ1v) is 17.3. The van der Waals surface area contributed by atoms with Crippen LogP contribution in [0.25, 0.3) is 10.4 Å². The fraction of sp³-hybridized carbons (Fsp3) is 0.500. The third kappa shape index (κ3) is 19.6. The highest BCUT2D eigenvalue weighted by Gasteiger charge is 2.29. The number of azide groups is 1. The lowest BCUT2D eigenvalue weighted by molar-refractivity contribution is -0.384. The number of carbonyl (C=O) groups is 5.